The number of rotatable bonds is 2. The summed E-state index contributed by atoms with van der Waals surface area (Å²) in [5, 5.41) is 6.46. The SMILES string of the molecule is O=C1NCCn2c(-c3ccc(C4CCCNC4)cc3)nc3cccc1c32. The van der Waals surface area contributed by atoms with Crippen molar-refractivity contribution in [2.75, 3.05) is 19.6 Å². The number of aromatic nitrogens is 2. The highest BCUT2D eigenvalue weighted by atomic mass is 16.1. The molecule has 2 aromatic carbocycles. The molecule has 1 unspecified atom stereocenters. The van der Waals surface area contributed by atoms with Crippen molar-refractivity contribution in [1.82, 2.24) is 20.2 Å². The Morgan fingerprint density at radius 3 is 2.77 bits per heavy atom. The number of piperidine rings is 1. The first-order valence-electron chi connectivity index (χ1n) is 9.40. The fraction of sp³-hybridized carbons (Fsp3) is 0.333. The van der Waals surface area contributed by atoms with Gasteiger partial charge < -0.3 is 15.2 Å². The molecule has 2 aliphatic heterocycles. The molecule has 2 aliphatic rings. The summed E-state index contributed by atoms with van der Waals surface area (Å²) < 4.78 is 2.18. The van der Waals surface area contributed by atoms with Gasteiger partial charge in [-0.25, -0.2) is 4.98 Å². The van der Waals surface area contributed by atoms with E-state index in [4.69, 9.17) is 4.98 Å². The highest BCUT2D eigenvalue weighted by Crippen LogP contribution is 2.30. The number of para-hydroxylation sites is 1. The molecule has 5 rings (SSSR count). The predicted molar refractivity (Wildman–Crippen MR) is 102 cm³/mol. The fourth-order valence-corrected chi connectivity index (χ4v) is 4.22. The molecule has 1 fully saturated rings. The zero-order valence-electron chi connectivity index (χ0n) is 14.7. The summed E-state index contributed by atoms with van der Waals surface area (Å²) in [6.07, 6.45) is 2.49. The van der Waals surface area contributed by atoms with E-state index in [1.54, 1.807) is 0 Å². The van der Waals surface area contributed by atoms with Crippen LogP contribution in [-0.4, -0.2) is 35.1 Å². The van der Waals surface area contributed by atoms with Crippen molar-refractivity contribution in [3.63, 3.8) is 0 Å². The van der Waals surface area contributed by atoms with Crippen LogP contribution in [0.2, 0.25) is 0 Å². The van der Waals surface area contributed by atoms with Gasteiger partial charge in [0.15, 0.2) is 0 Å². The summed E-state index contributed by atoms with van der Waals surface area (Å²) in [5.74, 6) is 1.53. The third-order valence-corrected chi connectivity index (χ3v) is 5.57. The molecule has 1 aromatic heterocycles. The molecule has 3 heterocycles. The second kappa shape index (κ2) is 6.25. The monoisotopic (exact) mass is 346 g/mol. The van der Waals surface area contributed by atoms with Gasteiger partial charge in [-0.3, -0.25) is 4.79 Å². The number of hydrogen-bond acceptors (Lipinski definition) is 3. The first-order valence-corrected chi connectivity index (χ1v) is 9.40. The number of benzene rings is 2. The predicted octanol–water partition coefficient (Wildman–Crippen LogP) is 2.91. The summed E-state index contributed by atoms with van der Waals surface area (Å²) in [5.41, 5.74) is 5.04. The summed E-state index contributed by atoms with van der Waals surface area (Å²) in [7, 11) is 0. The summed E-state index contributed by atoms with van der Waals surface area (Å²) in [6.45, 7) is 3.56. The molecule has 5 heteroatoms. The highest BCUT2D eigenvalue weighted by Gasteiger charge is 2.22. The Balaban J connectivity index is 1.57. The molecular formula is C21H22N4O. The average Bonchev–Trinajstić information content (AvgIpc) is 2.98. The number of carbonyl (C=O) groups is 1. The normalized spacial score (nSPS) is 20.0. The molecule has 132 valence electrons. The third kappa shape index (κ3) is 2.51. The number of imidazole rings is 1. The number of amides is 1. The lowest BCUT2D eigenvalue weighted by atomic mass is 9.91. The van der Waals surface area contributed by atoms with Gasteiger partial charge in [-0.1, -0.05) is 30.3 Å². The summed E-state index contributed by atoms with van der Waals surface area (Å²) in [6, 6.07) is 14.6. The second-order valence-corrected chi connectivity index (χ2v) is 7.18. The lowest BCUT2D eigenvalue weighted by molar-refractivity contribution is 0.0956. The van der Waals surface area contributed by atoms with Crippen molar-refractivity contribution in [2.45, 2.75) is 25.3 Å². The number of nitrogens with zero attached hydrogens (tertiary/aromatic N) is 2. The molecule has 1 saturated heterocycles. The average molecular weight is 346 g/mol. The zero-order chi connectivity index (χ0) is 17.5. The van der Waals surface area contributed by atoms with Crippen molar-refractivity contribution < 1.29 is 4.79 Å². The molecule has 0 radical (unpaired) electrons. The van der Waals surface area contributed by atoms with Crippen LogP contribution in [0.4, 0.5) is 0 Å². The van der Waals surface area contributed by atoms with Crippen LogP contribution in [0.3, 0.4) is 0 Å². The first-order chi connectivity index (χ1) is 12.8. The van der Waals surface area contributed by atoms with Crippen LogP contribution in [0.25, 0.3) is 22.4 Å². The summed E-state index contributed by atoms with van der Waals surface area (Å²) >= 11 is 0. The van der Waals surface area contributed by atoms with Crippen molar-refractivity contribution in [2.24, 2.45) is 0 Å². The maximum Gasteiger partial charge on any atom is 0.253 e. The molecule has 26 heavy (non-hydrogen) atoms. The van der Waals surface area contributed by atoms with E-state index in [2.05, 4.69) is 39.5 Å². The van der Waals surface area contributed by atoms with Crippen molar-refractivity contribution in [1.29, 1.82) is 0 Å². The Labute approximate surface area is 152 Å². The molecule has 0 aliphatic carbocycles. The van der Waals surface area contributed by atoms with Crippen LogP contribution >= 0.6 is 0 Å². The Bertz CT molecular complexity index is 968. The molecule has 3 aromatic rings. The van der Waals surface area contributed by atoms with E-state index >= 15 is 0 Å². The van der Waals surface area contributed by atoms with Gasteiger partial charge >= 0.3 is 0 Å². The van der Waals surface area contributed by atoms with Crippen LogP contribution in [-0.2, 0) is 6.54 Å². The Morgan fingerprint density at radius 1 is 1.08 bits per heavy atom. The Morgan fingerprint density at radius 2 is 1.96 bits per heavy atom. The van der Waals surface area contributed by atoms with E-state index in [9.17, 15) is 4.79 Å². The second-order valence-electron chi connectivity index (χ2n) is 7.18. The molecule has 0 bridgehead atoms. The standard InChI is InChI=1S/C21H22N4O/c26-21-17-4-1-5-18-19(17)25(12-11-23-21)20(24-18)15-8-6-14(7-9-15)16-3-2-10-22-13-16/h1,4-9,16,22H,2-3,10-13H2,(H,23,26). The Kier molecular flexibility index (Phi) is 3.75. The lowest BCUT2D eigenvalue weighted by Gasteiger charge is -2.23. The van der Waals surface area contributed by atoms with Gasteiger partial charge in [-0.15, -0.1) is 0 Å². The third-order valence-electron chi connectivity index (χ3n) is 5.57. The zero-order valence-corrected chi connectivity index (χ0v) is 14.7. The van der Waals surface area contributed by atoms with E-state index < -0.39 is 0 Å². The fourth-order valence-electron chi connectivity index (χ4n) is 4.22. The maximum absolute atomic E-state index is 12.3. The number of carbonyl (C=O) groups excluding carboxylic acids is 1. The minimum Gasteiger partial charge on any atom is -0.350 e. The number of nitrogens with one attached hydrogen (secondary N) is 2. The largest absolute Gasteiger partial charge is 0.350 e. The number of hydrogen-bond donors (Lipinski definition) is 2. The van der Waals surface area contributed by atoms with Crippen LogP contribution in [0.1, 0.15) is 34.7 Å². The van der Waals surface area contributed by atoms with Crippen molar-refractivity contribution in [3.8, 4) is 11.4 Å². The van der Waals surface area contributed by atoms with Crippen molar-refractivity contribution in [3.05, 3.63) is 53.6 Å². The van der Waals surface area contributed by atoms with Crippen LogP contribution in [0, 0.1) is 0 Å². The van der Waals surface area contributed by atoms with E-state index in [0.29, 0.717) is 18.0 Å². The molecule has 5 nitrogen and oxygen atoms in total. The van der Waals surface area contributed by atoms with Gasteiger partial charge in [-0.2, -0.15) is 0 Å². The van der Waals surface area contributed by atoms with Gasteiger partial charge in [0.1, 0.15) is 5.82 Å². The van der Waals surface area contributed by atoms with Crippen molar-refractivity contribution >= 4 is 16.9 Å². The Hall–Kier alpha value is -2.66. The van der Waals surface area contributed by atoms with Crippen LogP contribution in [0.5, 0.6) is 0 Å². The van der Waals surface area contributed by atoms with Gasteiger partial charge in [0.2, 0.25) is 0 Å². The van der Waals surface area contributed by atoms with Crippen LogP contribution < -0.4 is 10.6 Å². The molecule has 1 amide bonds. The molecule has 0 spiro atoms. The first kappa shape index (κ1) is 15.6. The minimum atomic E-state index is -0.0130. The minimum absolute atomic E-state index is 0.0130. The van der Waals surface area contributed by atoms with E-state index in [1.165, 1.54) is 18.4 Å². The molecular weight excluding hydrogens is 324 g/mol. The topological polar surface area (TPSA) is 59.0 Å². The lowest BCUT2D eigenvalue weighted by Crippen LogP contribution is -2.28. The van der Waals surface area contributed by atoms with Gasteiger partial charge in [0, 0.05) is 25.2 Å². The van der Waals surface area contributed by atoms with E-state index in [0.717, 1.165) is 42.1 Å². The van der Waals surface area contributed by atoms with E-state index in [-0.39, 0.29) is 5.91 Å². The smallest absolute Gasteiger partial charge is 0.253 e. The molecule has 2 N–H and O–H groups in total. The quantitative estimate of drug-likeness (QED) is 0.750. The van der Waals surface area contributed by atoms with Gasteiger partial charge in [0.25, 0.3) is 5.91 Å². The van der Waals surface area contributed by atoms with Crippen LogP contribution in [0.15, 0.2) is 42.5 Å². The summed E-state index contributed by atoms with van der Waals surface area (Å²) in [4.78, 5) is 17.1. The molecule has 0 saturated carbocycles. The van der Waals surface area contributed by atoms with E-state index in [1.807, 2.05) is 18.2 Å². The van der Waals surface area contributed by atoms with Gasteiger partial charge in [-0.05, 0) is 43.0 Å². The highest BCUT2D eigenvalue weighted by molar-refractivity contribution is 6.06. The molecule has 1 atom stereocenters. The van der Waals surface area contributed by atoms with Gasteiger partial charge in [0.05, 0.1) is 16.6 Å². The maximum atomic E-state index is 12.3.